The Morgan fingerprint density at radius 3 is 2.44 bits per heavy atom. The molecule has 0 fully saturated rings. The standard InChI is InChI=1S/C12H13BrO3/c1-5-6(2)16-7(3)11-10(5)9(14)4-8(13)12(11)15/h4-7H,1-3H3/t5-,6+,7-/m1/s1. The predicted molar refractivity (Wildman–Crippen MR) is 63.2 cm³/mol. The molecule has 3 nitrogen and oxygen atoms in total. The molecule has 0 aromatic heterocycles. The molecule has 0 spiro atoms. The van der Waals surface area contributed by atoms with Gasteiger partial charge >= 0.3 is 0 Å². The molecule has 2 aliphatic rings. The Bertz CT molecular complexity index is 434. The third-order valence-electron chi connectivity index (χ3n) is 3.26. The Labute approximate surface area is 103 Å². The second-order valence-electron chi connectivity index (χ2n) is 4.29. The third kappa shape index (κ3) is 1.60. The number of ether oxygens (including phenoxy) is 1. The van der Waals surface area contributed by atoms with Crippen LogP contribution in [-0.2, 0) is 14.3 Å². The van der Waals surface area contributed by atoms with Gasteiger partial charge in [-0.25, -0.2) is 0 Å². The van der Waals surface area contributed by atoms with Crippen molar-refractivity contribution in [2.45, 2.75) is 33.0 Å². The average Bonchev–Trinajstić information content (AvgIpc) is 2.20. The second-order valence-corrected chi connectivity index (χ2v) is 5.14. The van der Waals surface area contributed by atoms with E-state index in [0.29, 0.717) is 15.6 Å². The monoisotopic (exact) mass is 284 g/mol. The van der Waals surface area contributed by atoms with E-state index in [1.807, 2.05) is 20.8 Å². The summed E-state index contributed by atoms with van der Waals surface area (Å²) in [6.07, 6.45) is 1.03. The minimum Gasteiger partial charge on any atom is -0.370 e. The van der Waals surface area contributed by atoms with Gasteiger partial charge in [-0.2, -0.15) is 0 Å². The fourth-order valence-corrected chi connectivity index (χ4v) is 2.68. The van der Waals surface area contributed by atoms with Crippen LogP contribution >= 0.6 is 15.9 Å². The summed E-state index contributed by atoms with van der Waals surface area (Å²) in [6, 6.07) is 0. The maximum atomic E-state index is 12.0. The number of hydrogen-bond acceptors (Lipinski definition) is 3. The molecular weight excluding hydrogens is 272 g/mol. The van der Waals surface area contributed by atoms with Gasteiger partial charge in [-0.05, 0) is 29.8 Å². The topological polar surface area (TPSA) is 43.4 Å². The maximum absolute atomic E-state index is 12.0. The summed E-state index contributed by atoms with van der Waals surface area (Å²) in [4.78, 5) is 23.9. The molecule has 16 heavy (non-hydrogen) atoms. The molecule has 3 atom stereocenters. The minimum absolute atomic E-state index is 0.0282. The molecule has 4 heteroatoms. The highest BCUT2D eigenvalue weighted by molar-refractivity contribution is 9.12. The number of Topliss-reactive ketones (excluding diaryl/α,β-unsaturated/α-hetero) is 1. The van der Waals surface area contributed by atoms with Crippen molar-refractivity contribution in [2.24, 2.45) is 5.92 Å². The van der Waals surface area contributed by atoms with Crippen LogP contribution < -0.4 is 0 Å². The van der Waals surface area contributed by atoms with Crippen molar-refractivity contribution in [1.29, 1.82) is 0 Å². The Morgan fingerprint density at radius 1 is 1.19 bits per heavy atom. The summed E-state index contributed by atoms with van der Waals surface area (Å²) < 4.78 is 5.98. The zero-order valence-corrected chi connectivity index (χ0v) is 11.0. The minimum atomic E-state index is -0.307. The summed E-state index contributed by atoms with van der Waals surface area (Å²) >= 11 is 3.12. The van der Waals surface area contributed by atoms with E-state index >= 15 is 0 Å². The summed E-state index contributed by atoms with van der Waals surface area (Å²) in [7, 11) is 0. The smallest absolute Gasteiger partial charge is 0.199 e. The van der Waals surface area contributed by atoms with Gasteiger partial charge in [-0.3, -0.25) is 9.59 Å². The fourth-order valence-electron chi connectivity index (χ4n) is 2.26. The number of carbonyl (C=O) groups is 2. The first-order valence-electron chi connectivity index (χ1n) is 5.29. The quantitative estimate of drug-likeness (QED) is 0.641. The number of halogens is 1. The first-order valence-corrected chi connectivity index (χ1v) is 6.08. The van der Waals surface area contributed by atoms with Gasteiger partial charge in [0.1, 0.15) is 0 Å². The fraction of sp³-hybridized carbons (Fsp3) is 0.500. The third-order valence-corrected chi connectivity index (χ3v) is 3.85. The summed E-state index contributed by atoms with van der Waals surface area (Å²) in [5.74, 6) is -0.226. The second kappa shape index (κ2) is 3.93. The molecule has 0 bridgehead atoms. The SMILES string of the molecule is C[C@@H]1O[C@H](C)C2=C(C(=O)C=C(Br)C2=O)[C@@H]1C. The molecule has 1 aliphatic carbocycles. The number of hydrogen-bond donors (Lipinski definition) is 0. The van der Waals surface area contributed by atoms with Gasteiger partial charge in [0, 0.05) is 23.1 Å². The van der Waals surface area contributed by atoms with Crippen LogP contribution in [0.3, 0.4) is 0 Å². The van der Waals surface area contributed by atoms with Crippen LogP contribution in [0.2, 0.25) is 0 Å². The maximum Gasteiger partial charge on any atom is 0.199 e. The first-order chi connectivity index (χ1) is 7.43. The lowest BCUT2D eigenvalue weighted by Gasteiger charge is -2.35. The summed E-state index contributed by atoms with van der Waals surface area (Å²) in [5.41, 5.74) is 1.14. The molecule has 0 saturated carbocycles. The normalized spacial score (nSPS) is 35.0. The predicted octanol–water partition coefficient (Wildman–Crippen LogP) is 2.16. The van der Waals surface area contributed by atoms with Crippen molar-refractivity contribution in [3.63, 3.8) is 0 Å². The van der Waals surface area contributed by atoms with Crippen molar-refractivity contribution in [3.05, 3.63) is 21.7 Å². The van der Waals surface area contributed by atoms with Gasteiger partial charge in [0.25, 0.3) is 0 Å². The van der Waals surface area contributed by atoms with Crippen LogP contribution in [0.25, 0.3) is 0 Å². The molecule has 0 saturated heterocycles. The van der Waals surface area contributed by atoms with Gasteiger partial charge in [0.15, 0.2) is 11.6 Å². The van der Waals surface area contributed by atoms with E-state index in [0.717, 1.165) is 0 Å². The van der Waals surface area contributed by atoms with Gasteiger partial charge in [-0.1, -0.05) is 6.92 Å². The lowest BCUT2D eigenvalue weighted by molar-refractivity contribution is -0.119. The molecule has 0 aromatic rings. The van der Waals surface area contributed by atoms with Crippen LogP contribution in [0, 0.1) is 5.92 Å². The zero-order chi connectivity index (χ0) is 12.0. The van der Waals surface area contributed by atoms with Crippen LogP contribution in [0.1, 0.15) is 20.8 Å². The number of ketones is 2. The number of allylic oxidation sites excluding steroid dienone is 2. The number of rotatable bonds is 0. The van der Waals surface area contributed by atoms with Crippen LogP contribution in [-0.4, -0.2) is 23.8 Å². The number of carbonyl (C=O) groups excluding carboxylic acids is 2. The van der Waals surface area contributed by atoms with Crippen LogP contribution in [0.5, 0.6) is 0 Å². The molecular formula is C12H13BrO3. The Balaban J connectivity index is 2.56. The molecule has 0 unspecified atom stereocenters. The van der Waals surface area contributed by atoms with E-state index in [2.05, 4.69) is 15.9 Å². The van der Waals surface area contributed by atoms with Gasteiger partial charge in [0.05, 0.1) is 16.7 Å². The highest BCUT2D eigenvalue weighted by atomic mass is 79.9. The van der Waals surface area contributed by atoms with E-state index in [4.69, 9.17) is 4.74 Å². The van der Waals surface area contributed by atoms with Crippen molar-refractivity contribution in [1.82, 2.24) is 0 Å². The van der Waals surface area contributed by atoms with E-state index < -0.39 is 0 Å². The van der Waals surface area contributed by atoms with E-state index in [9.17, 15) is 9.59 Å². The largest absolute Gasteiger partial charge is 0.370 e. The van der Waals surface area contributed by atoms with E-state index in [-0.39, 0.29) is 29.7 Å². The molecule has 2 rings (SSSR count). The average molecular weight is 285 g/mol. The lowest BCUT2D eigenvalue weighted by Crippen LogP contribution is -2.39. The lowest BCUT2D eigenvalue weighted by atomic mass is 9.80. The molecule has 0 N–H and O–H groups in total. The molecule has 1 heterocycles. The Kier molecular flexibility index (Phi) is 2.88. The Morgan fingerprint density at radius 2 is 1.81 bits per heavy atom. The first kappa shape index (κ1) is 11.7. The van der Waals surface area contributed by atoms with Gasteiger partial charge in [-0.15, -0.1) is 0 Å². The zero-order valence-electron chi connectivity index (χ0n) is 9.41. The van der Waals surface area contributed by atoms with Crippen molar-refractivity contribution >= 4 is 27.5 Å². The van der Waals surface area contributed by atoms with Crippen LogP contribution in [0.4, 0.5) is 0 Å². The van der Waals surface area contributed by atoms with Crippen LogP contribution in [0.15, 0.2) is 21.7 Å². The molecule has 0 amide bonds. The molecule has 0 aromatic carbocycles. The molecule has 0 radical (unpaired) electrons. The summed E-state index contributed by atoms with van der Waals surface area (Å²) in [5, 5.41) is 0. The van der Waals surface area contributed by atoms with E-state index in [1.165, 1.54) is 6.08 Å². The van der Waals surface area contributed by atoms with E-state index in [1.54, 1.807) is 0 Å². The highest BCUT2D eigenvalue weighted by Gasteiger charge is 2.39. The van der Waals surface area contributed by atoms with Gasteiger partial charge in [0.2, 0.25) is 0 Å². The molecule has 86 valence electrons. The van der Waals surface area contributed by atoms with Crippen molar-refractivity contribution in [3.8, 4) is 0 Å². The molecule has 1 aliphatic heterocycles. The Hall–Kier alpha value is -0.740. The van der Waals surface area contributed by atoms with Crippen molar-refractivity contribution < 1.29 is 14.3 Å². The van der Waals surface area contributed by atoms with Crippen molar-refractivity contribution in [2.75, 3.05) is 0 Å². The summed E-state index contributed by atoms with van der Waals surface area (Å²) in [6.45, 7) is 5.66. The highest BCUT2D eigenvalue weighted by Crippen LogP contribution is 2.36. The van der Waals surface area contributed by atoms with Gasteiger partial charge < -0.3 is 4.74 Å².